The first-order valence-corrected chi connectivity index (χ1v) is 6.83. The fraction of sp³-hybridized carbons (Fsp3) is 0.250. The Bertz CT molecular complexity index is 727. The fourth-order valence-corrected chi connectivity index (χ4v) is 2.23. The molecule has 0 amide bonds. The summed E-state index contributed by atoms with van der Waals surface area (Å²) >= 11 is 0. The van der Waals surface area contributed by atoms with E-state index >= 15 is 0 Å². The largest absolute Gasteiger partial charge is 0.506 e. The SMILES string of the molecule is Cc1c(N=N)ccc(Nc2cc(O)c(N(C)C)cc2O)c1C. The predicted molar refractivity (Wildman–Crippen MR) is 88.1 cm³/mol. The van der Waals surface area contributed by atoms with E-state index in [1.165, 1.54) is 12.1 Å². The zero-order valence-electron chi connectivity index (χ0n) is 13.1. The standard InChI is InChI=1S/C16H20N4O2/c1-9-10(2)12(19-17)6-5-11(9)18-13-7-16(22)14(20(3)4)8-15(13)21/h5-8,17-18,21-22H,1-4H3. The average molecular weight is 300 g/mol. The summed E-state index contributed by atoms with van der Waals surface area (Å²) in [6, 6.07) is 6.53. The van der Waals surface area contributed by atoms with Gasteiger partial charge in [0, 0.05) is 31.9 Å². The molecule has 6 nitrogen and oxygen atoms in total. The molecule has 0 bridgehead atoms. The third-order valence-corrected chi connectivity index (χ3v) is 3.72. The molecule has 0 aliphatic heterocycles. The molecule has 0 fully saturated rings. The van der Waals surface area contributed by atoms with E-state index in [4.69, 9.17) is 5.53 Å². The fourth-order valence-electron chi connectivity index (χ4n) is 2.23. The van der Waals surface area contributed by atoms with Crippen LogP contribution >= 0.6 is 0 Å². The molecule has 0 saturated heterocycles. The second-order valence-electron chi connectivity index (χ2n) is 5.37. The number of nitrogens with one attached hydrogen (secondary N) is 2. The topological polar surface area (TPSA) is 91.9 Å². The van der Waals surface area contributed by atoms with Gasteiger partial charge >= 0.3 is 0 Å². The highest BCUT2D eigenvalue weighted by atomic mass is 16.3. The molecule has 0 saturated carbocycles. The highest BCUT2D eigenvalue weighted by molar-refractivity contribution is 5.76. The summed E-state index contributed by atoms with van der Waals surface area (Å²) in [5.41, 5.74) is 11.3. The quantitative estimate of drug-likeness (QED) is 0.387. The lowest BCUT2D eigenvalue weighted by molar-refractivity contribution is 0.462. The molecule has 0 spiro atoms. The van der Waals surface area contributed by atoms with Crippen molar-refractivity contribution in [1.82, 2.24) is 0 Å². The normalized spacial score (nSPS) is 10.4. The summed E-state index contributed by atoms with van der Waals surface area (Å²) in [7, 11) is 3.58. The van der Waals surface area contributed by atoms with Crippen LogP contribution in [0.25, 0.3) is 0 Å². The third-order valence-electron chi connectivity index (χ3n) is 3.72. The minimum atomic E-state index is 0.0489. The zero-order valence-corrected chi connectivity index (χ0v) is 13.1. The molecule has 2 aromatic rings. The molecule has 4 N–H and O–H groups in total. The number of hydrogen-bond donors (Lipinski definition) is 4. The van der Waals surface area contributed by atoms with Crippen LogP contribution in [0.4, 0.5) is 22.7 Å². The van der Waals surface area contributed by atoms with Gasteiger partial charge in [-0.15, -0.1) is 0 Å². The first kappa shape index (κ1) is 15.6. The van der Waals surface area contributed by atoms with Crippen LogP contribution < -0.4 is 10.2 Å². The number of phenols is 2. The maximum absolute atomic E-state index is 10.1. The molecule has 2 aromatic carbocycles. The highest BCUT2D eigenvalue weighted by Crippen LogP contribution is 2.39. The van der Waals surface area contributed by atoms with Crippen molar-refractivity contribution in [3.05, 3.63) is 35.4 Å². The van der Waals surface area contributed by atoms with E-state index in [0.29, 0.717) is 17.1 Å². The van der Waals surface area contributed by atoms with Gasteiger partial charge in [0.05, 0.1) is 17.1 Å². The van der Waals surface area contributed by atoms with Gasteiger partial charge in [0.25, 0.3) is 0 Å². The Morgan fingerprint density at radius 2 is 1.68 bits per heavy atom. The van der Waals surface area contributed by atoms with Gasteiger partial charge in [-0.1, -0.05) is 0 Å². The second-order valence-corrected chi connectivity index (χ2v) is 5.37. The van der Waals surface area contributed by atoms with Gasteiger partial charge in [0.2, 0.25) is 0 Å². The van der Waals surface area contributed by atoms with E-state index in [1.54, 1.807) is 31.1 Å². The van der Waals surface area contributed by atoms with Gasteiger partial charge in [0.1, 0.15) is 11.5 Å². The van der Waals surface area contributed by atoms with E-state index in [9.17, 15) is 10.2 Å². The van der Waals surface area contributed by atoms with E-state index in [0.717, 1.165) is 16.8 Å². The van der Waals surface area contributed by atoms with Crippen LogP contribution in [-0.2, 0) is 0 Å². The average Bonchev–Trinajstić information content (AvgIpc) is 2.47. The van der Waals surface area contributed by atoms with Gasteiger partial charge in [-0.05, 0) is 37.1 Å². The van der Waals surface area contributed by atoms with E-state index < -0.39 is 0 Å². The van der Waals surface area contributed by atoms with Crippen molar-refractivity contribution in [2.75, 3.05) is 24.3 Å². The van der Waals surface area contributed by atoms with E-state index in [1.807, 2.05) is 13.8 Å². The van der Waals surface area contributed by atoms with Crippen LogP contribution in [0.1, 0.15) is 11.1 Å². The van der Waals surface area contributed by atoms with Crippen molar-refractivity contribution in [3.63, 3.8) is 0 Å². The summed E-state index contributed by atoms with van der Waals surface area (Å²) in [5.74, 6) is 0.130. The Hall–Kier alpha value is -2.76. The van der Waals surface area contributed by atoms with Crippen molar-refractivity contribution in [3.8, 4) is 11.5 Å². The lowest BCUT2D eigenvalue weighted by atomic mass is 10.1. The van der Waals surface area contributed by atoms with Crippen molar-refractivity contribution in [2.24, 2.45) is 5.11 Å². The maximum Gasteiger partial charge on any atom is 0.141 e. The van der Waals surface area contributed by atoms with Gasteiger partial charge in [-0.25, -0.2) is 5.53 Å². The van der Waals surface area contributed by atoms with Crippen LogP contribution in [0, 0.1) is 19.4 Å². The molecule has 0 aliphatic carbocycles. The molecule has 0 atom stereocenters. The summed E-state index contributed by atoms with van der Waals surface area (Å²) in [5, 5.41) is 26.8. The van der Waals surface area contributed by atoms with Crippen molar-refractivity contribution >= 4 is 22.7 Å². The Morgan fingerprint density at radius 3 is 2.27 bits per heavy atom. The molecule has 0 aliphatic rings. The lowest BCUT2D eigenvalue weighted by Crippen LogP contribution is -2.09. The Labute approximate surface area is 129 Å². The predicted octanol–water partition coefficient (Wildman–Crippen LogP) is 4.19. The van der Waals surface area contributed by atoms with Gasteiger partial charge in [-0.2, -0.15) is 5.11 Å². The van der Waals surface area contributed by atoms with Crippen LogP contribution in [0.5, 0.6) is 11.5 Å². The minimum absolute atomic E-state index is 0.0489. The number of phenolic OH excluding ortho intramolecular Hbond substituents is 2. The number of rotatable bonds is 4. The molecular weight excluding hydrogens is 280 g/mol. The van der Waals surface area contributed by atoms with Crippen LogP contribution in [0.15, 0.2) is 29.4 Å². The van der Waals surface area contributed by atoms with Crippen molar-refractivity contribution in [1.29, 1.82) is 5.53 Å². The first-order chi connectivity index (χ1) is 10.3. The molecule has 22 heavy (non-hydrogen) atoms. The molecule has 0 unspecified atom stereocenters. The monoisotopic (exact) mass is 300 g/mol. The summed E-state index contributed by atoms with van der Waals surface area (Å²) in [4.78, 5) is 1.72. The number of aromatic hydroxyl groups is 2. The van der Waals surface area contributed by atoms with Crippen molar-refractivity contribution < 1.29 is 10.2 Å². The summed E-state index contributed by atoms with van der Waals surface area (Å²) in [6.45, 7) is 3.80. The molecular formula is C16H20N4O2. The minimum Gasteiger partial charge on any atom is -0.506 e. The zero-order chi connectivity index (χ0) is 16.4. The molecule has 0 aromatic heterocycles. The van der Waals surface area contributed by atoms with Crippen LogP contribution in [-0.4, -0.2) is 24.3 Å². The number of benzene rings is 2. The molecule has 2 rings (SSSR count). The maximum atomic E-state index is 10.1. The second kappa shape index (κ2) is 5.93. The molecule has 116 valence electrons. The third kappa shape index (κ3) is 2.81. The summed E-state index contributed by atoms with van der Waals surface area (Å²) < 4.78 is 0. The van der Waals surface area contributed by atoms with Crippen LogP contribution in [0.2, 0.25) is 0 Å². The Kier molecular flexibility index (Phi) is 4.21. The van der Waals surface area contributed by atoms with Gasteiger partial charge in [-0.3, -0.25) is 0 Å². The van der Waals surface area contributed by atoms with Gasteiger partial charge < -0.3 is 20.4 Å². The van der Waals surface area contributed by atoms with E-state index in [2.05, 4.69) is 10.4 Å². The van der Waals surface area contributed by atoms with Crippen molar-refractivity contribution in [2.45, 2.75) is 13.8 Å². The molecule has 0 radical (unpaired) electrons. The first-order valence-electron chi connectivity index (χ1n) is 6.83. The molecule has 0 heterocycles. The molecule has 6 heteroatoms. The van der Waals surface area contributed by atoms with Gasteiger partial charge in [0.15, 0.2) is 0 Å². The number of anilines is 3. The lowest BCUT2D eigenvalue weighted by Gasteiger charge is -2.18. The summed E-state index contributed by atoms with van der Waals surface area (Å²) in [6.07, 6.45) is 0. The Morgan fingerprint density at radius 1 is 1.00 bits per heavy atom. The number of nitrogens with zero attached hydrogens (tertiary/aromatic N) is 2. The number of hydrogen-bond acceptors (Lipinski definition) is 6. The van der Waals surface area contributed by atoms with E-state index in [-0.39, 0.29) is 11.5 Å². The van der Waals surface area contributed by atoms with Crippen LogP contribution in [0.3, 0.4) is 0 Å². The Balaban J connectivity index is 2.42. The highest BCUT2D eigenvalue weighted by Gasteiger charge is 2.12. The smallest absolute Gasteiger partial charge is 0.141 e.